The molecule has 3 rings (SSSR count). The topological polar surface area (TPSA) is 97.3 Å². The molecule has 2 aromatic rings. The molecule has 0 aliphatic carbocycles. The standard InChI is InChI=1S/C24H27N3O5/c1-14-7-10-21(31-5)19(12-14)25-23(29)17(4)32-24(30)18-9-11-22(28)27(26-18)20-13-15(2)6-8-16(20)3/h6-8,10,12-13,17H,9,11H2,1-5H3,(H,25,29). The molecule has 0 spiro atoms. The first-order valence-corrected chi connectivity index (χ1v) is 10.3. The first kappa shape index (κ1) is 23.0. The Morgan fingerprint density at radius 2 is 1.75 bits per heavy atom. The first-order valence-electron chi connectivity index (χ1n) is 10.3. The van der Waals surface area contributed by atoms with Crippen LogP contribution < -0.4 is 15.1 Å². The molecule has 0 bridgehead atoms. The Morgan fingerprint density at radius 1 is 1.06 bits per heavy atom. The zero-order valence-electron chi connectivity index (χ0n) is 18.9. The molecule has 1 N–H and O–H groups in total. The van der Waals surface area contributed by atoms with Gasteiger partial charge in [-0.3, -0.25) is 9.59 Å². The Morgan fingerprint density at radius 3 is 2.47 bits per heavy atom. The molecule has 0 saturated heterocycles. The fraction of sp³-hybridized carbons (Fsp3) is 0.333. The number of amides is 2. The minimum atomic E-state index is -1.07. The van der Waals surface area contributed by atoms with Crippen LogP contribution in [0.4, 0.5) is 11.4 Å². The molecular weight excluding hydrogens is 410 g/mol. The van der Waals surface area contributed by atoms with Crippen molar-refractivity contribution >= 4 is 34.9 Å². The molecule has 0 radical (unpaired) electrons. The van der Waals surface area contributed by atoms with E-state index in [1.54, 1.807) is 12.1 Å². The van der Waals surface area contributed by atoms with E-state index in [2.05, 4.69) is 10.4 Å². The van der Waals surface area contributed by atoms with Gasteiger partial charge in [0.05, 0.1) is 18.5 Å². The number of hydrogen-bond acceptors (Lipinski definition) is 6. The summed E-state index contributed by atoms with van der Waals surface area (Å²) in [7, 11) is 1.51. The van der Waals surface area contributed by atoms with Gasteiger partial charge in [-0.2, -0.15) is 10.1 Å². The normalized spacial score (nSPS) is 14.5. The van der Waals surface area contributed by atoms with Gasteiger partial charge in [-0.15, -0.1) is 0 Å². The zero-order valence-corrected chi connectivity index (χ0v) is 18.9. The highest BCUT2D eigenvalue weighted by Gasteiger charge is 2.29. The third-order valence-corrected chi connectivity index (χ3v) is 5.13. The average Bonchev–Trinajstić information content (AvgIpc) is 2.76. The summed E-state index contributed by atoms with van der Waals surface area (Å²) >= 11 is 0. The van der Waals surface area contributed by atoms with Crippen molar-refractivity contribution in [1.82, 2.24) is 0 Å². The minimum Gasteiger partial charge on any atom is -0.495 e. The van der Waals surface area contributed by atoms with Gasteiger partial charge in [0.1, 0.15) is 11.5 Å². The van der Waals surface area contributed by atoms with Crippen LogP contribution in [-0.2, 0) is 19.1 Å². The molecule has 1 aliphatic heterocycles. The van der Waals surface area contributed by atoms with Crippen molar-refractivity contribution < 1.29 is 23.9 Å². The second-order valence-electron chi connectivity index (χ2n) is 7.78. The van der Waals surface area contributed by atoms with Gasteiger partial charge in [-0.05, 0) is 62.6 Å². The summed E-state index contributed by atoms with van der Waals surface area (Å²) < 4.78 is 10.6. The summed E-state index contributed by atoms with van der Waals surface area (Å²) in [6.45, 7) is 7.16. The van der Waals surface area contributed by atoms with Crippen LogP contribution in [0.3, 0.4) is 0 Å². The van der Waals surface area contributed by atoms with Gasteiger partial charge >= 0.3 is 5.97 Å². The first-order chi connectivity index (χ1) is 15.2. The van der Waals surface area contributed by atoms with Crippen molar-refractivity contribution in [2.75, 3.05) is 17.4 Å². The summed E-state index contributed by atoms with van der Waals surface area (Å²) in [5.41, 5.74) is 3.98. The number of aryl methyl sites for hydroxylation is 3. The lowest BCUT2D eigenvalue weighted by atomic mass is 10.1. The quantitative estimate of drug-likeness (QED) is 0.696. The van der Waals surface area contributed by atoms with Crippen LogP contribution in [0.5, 0.6) is 5.75 Å². The Balaban J connectivity index is 1.73. The maximum absolute atomic E-state index is 12.7. The number of ether oxygens (including phenoxy) is 2. The Labute approximate surface area is 187 Å². The van der Waals surface area contributed by atoms with Crippen LogP contribution in [0.2, 0.25) is 0 Å². The lowest BCUT2D eigenvalue weighted by Gasteiger charge is -2.25. The third kappa shape index (κ3) is 5.14. The lowest BCUT2D eigenvalue weighted by Crippen LogP contribution is -2.38. The largest absolute Gasteiger partial charge is 0.495 e. The lowest BCUT2D eigenvalue weighted by molar-refractivity contribution is -0.146. The smallest absolute Gasteiger partial charge is 0.355 e. The second-order valence-corrected chi connectivity index (χ2v) is 7.78. The maximum Gasteiger partial charge on any atom is 0.355 e. The number of hydrogen-bond donors (Lipinski definition) is 1. The van der Waals surface area contributed by atoms with Gasteiger partial charge in [0.15, 0.2) is 6.10 Å². The van der Waals surface area contributed by atoms with Gasteiger partial charge in [0, 0.05) is 12.8 Å². The Kier molecular flexibility index (Phi) is 6.92. The highest BCUT2D eigenvalue weighted by atomic mass is 16.5. The molecule has 1 aliphatic rings. The van der Waals surface area contributed by atoms with E-state index >= 15 is 0 Å². The van der Waals surface area contributed by atoms with Crippen molar-refractivity contribution in [3.05, 3.63) is 53.1 Å². The van der Waals surface area contributed by atoms with Gasteiger partial charge in [-0.25, -0.2) is 4.79 Å². The van der Waals surface area contributed by atoms with E-state index in [1.165, 1.54) is 19.0 Å². The Hall–Kier alpha value is -3.68. The predicted octanol–water partition coefficient (Wildman–Crippen LogP) is 3.67. The number of esters is 1. The second kappa shape index (κ2) is 9.64. The number of hydrazone groups is 1. The number of methoxy groups -OCH3 is 1. The van der Waals surface area contributed by atoms with E-state index in [0.29, 0.717) is 17.1 Å². The minimum absolute atomic E-state index is 0.0956. The van der Waals surface area contributed by atoms with Crippen molar-refractivity contribution in [3.8, 4) is 5.75 Å². The number of rotatable bonds is 6. The van der Waals surface area contributed by atoms with E-state index in [0.717, 1.165) is 16.7 Å². The van der Waals surface area contributed by atoms with E-state index in [1.807, 2.05) is 45.0 Å². The maximum atomic E-state index is 12.7. The number of nitrogens with one attached hydrogen (secondary N) is 1. The summed E-state index contributed by atoms with van der Waals surface area (Å²) in [5.74, 6) is -0.929. The molecule has 1 heterocycles. The van der Waals surface area contributed by atoms with Crippen LogP contribution >= 0.6 is 0 Å². The summed E-state index contributed by atoms with van der Waals surface area (Å²) in [6.07, 6.45) is -0.788. The molecule has 1 atom stereocenters. The van der Waals surface area contributed by atoms with Gasteiger partial charge in [-0.1, -0.05) is 18.2 Å². The molecule has 1 unspecified atom stereocenters. The highest BCUT2D eigenvalue weighted by Crippen LogP contribution is 2.27. The van der Waals surface area contributed by atoms with Crippen molar-refractivity contribution in [1.29, 1.82) is 0 Å². The molecular formula is C24H27N3O5. The van der Waals surface area contributed by atoms with E-state index in [-0.39, 0.29) is 24.5 Å². The van der Waals surface area contributed by atoms with E-state index in [4.69, 9.17) is 9.47 Å². The average molecular weight is 437 g/mol. The van der Waals surface area contributed by atoms with Crippen molar-refractivity contribution in [3.63, 3.8) is 0 Å². The number of nitrogens with zero attached hydrogens (tertiary/aromatic N) is 2. The molecule has 168 valence electrons. The fourth-order valence-electron chi connectivity index (χ4n) is 3.27. The molecule has 0 saturated carbocycles. The van der Waals surface area contributed by atoms with Crippen molar-refractivity contribution in [2.45, 2.75) is 46.6 Å². The van der Waals surface area contributed by atoms with Crippen LogP contribution in [0.15, 0.2) is 41.5 Å². The number of carbonyl (C=O) groups excluding carboxylic acids is 3. The van der Waals surface area contributed by atoms with Gasteiger partial charge in [0.25, 0.3) is 5.91 Å². The van der Waals surface area contributed by atoms with Gasteiger partial charge < -0.3 is 14.8 Å². The highest BCUT2D eigenvalue weighted by molar-refractivity contribution is 6.38. The molecule has 0 aromatic heterocycles. The van der Waals surface area contributed by atoms with Crippen LogP contribution in [-0.4, -0.2) is 36.7 Å². The summed E-state index contributed by atoms with van der Waals surface area (Å²) in [5, 5.41) is 8.21. The molecule has 8 heteroatoms. The van der Waals surface area contributed by atoms with Crippen LogP contribution in [0.25, 0.3) is 0 Å². The monoisotopic (exact) mass is 437 g/mol. The number of anilines is 2. The molecule has 8 nitrogen and oxygen atoms in total. The van der Waals surface area contributed by atoms with E-state index < -0.39 is 18.0 Å². The molecule has 32 heavy (non-hydrogen) atoms. The van der Waals surface area contributed by atoms with Crippen LogP contribution in [0.1, 0.15) is 36.5 Å². The third-order valence-electron chi connectivity index (χ3n) is 5.13. The SMILES string of the molecule is COc1ccc(C)cc1NC(=O)C(C)OC(=O)C1=NN(c2cc(C)ccc2C)C(=O)CC1. The molecule has 0 fully saturated rings. The number of carbonyl (C=O) groups is 3. The zero-order chi connectivity index (χ0) is 23.4. The van der Waals surface area contributed by atoms with Crippen LogP contribution in [0, 0.1) is 20.8 Å². The number of benzene rings is 2. The molecule has 2 amide bonds. The van der Waals surface area contributed by atoms with E-state index in [9.17, 15) is 14.4 Å². The molecule has 2 aromatic carbocycles. The summed E-state index contributed by atoms with van der Waals surface area (Å²) in [6, 6.07) is 11.1. The Bertz CT molecular complexity index is 1090. The van der Waals surface area contributed by atoms with Crippen molar-refractivity contribution in [2.24, 2.45) is 5.10 Å². The van der Waals surface area contributed by atoms with Gasteiger partial charge in [0.2, 0.25) is 5.91 Å². The summed E-state index contributed by atoms with van der Waals surface area (Å²) in [4.78, 5) is 37.7. The fourth-order valence-corrected chi connectivity index (χ4v) is 3.27. The predicted molar refractivity (Wildman–Crippen MR) is 122 cm³/mol.